The molecule has 1 amide bonds. The minimum Gasteiger partial charge on any atom is -0.393 e. The van der Waals surface area contributed by atoms with Crippen molar-refractivity contribution in [3.63, 3.8) is 0 Å². The number of nitrogens with zero attached hydrogens (tertiary/aromatic N) is 1. The molecule has 1 saturated heterocycles. The second kappa shape index (κ2) is 6.02. The Bertz CT molecular complexity index is 486. The molecule has 0 aromatic heterocycles. The zero-order valence-corrected chi connectivity index (χ0v) is 11.6. The molecule has 0 spiro atoms. The number of hydrogen-bond donors (Lipinski definition) is 1. The maximum atomic E-state index is 12.0. The van der Waals surface area contributed by atoms with Gasteiger partial charge in [0, 0.05) is 19.2 Å². The number of carbonyl (C=O) groups excluding carboxylic acids is 1. The van der Waals surface area contributed by atoms with E-state index in [4.69, 9.17) is 0 Å². The number of aryl methyl sites for hydroxylation is 2. The maximum absolute atomic E-state index is 12.0. The van der Waals surface area contributed by atoms with Gasteiger partial charge in [-0.15, -0.1) is 0 Å². The Labute approximate surface area is 114 Å². The fourth-order valence-corrected chi connectivity index (χ4v) is 2.37. The molecule has 3 heteroatoms. The lowest BCUT2D eigenvalue weighted by atomic mass is 10.0. The smallest absolute Gasteiger partial charge is 0.246 e. The highest BCUT2D eigenvalue weighted by Crippen LogP contribution is 2.14. The number of aliphatic hydroxyl groups is 1. The van der Waals surface area contributed by atoms with Gasteiger partial charge in [0.2, 0.25) is 5.91 Å². The Kier molecular flexibility index (Phi) is 4.38. The average molecular weight is 259 g/mol. The van der Waals surface area contributed by atoms with Crippen molar-refractivity contribution in [3.8, 4) is 0 Å². The molecular weight excluding hydrogens is 238 g/mol. The maximum Gasteiger partial charge on any atom is 0.246 e. The van der Waals surface area contributed by atoms with E-state index in [0.29, 0.717) is 25.9 Å². The summed E-state index contributed by atoms with van der Waals surface area (Å²) in [7, 11) is 0. The summed E-state index contributed by atoms with van der Waals surface area (Å²) in [6.07, 6.45) is 4.64. The van der Waals surface area contributed by atoms with Crippen molar-refractivity contribution >= 4 is 12.0 Å². The number of amides is 1. The van der Waals surface area contributed by atoms with Gasteiger partial charge >= 0.3 is 0 Å². The lowest BCUT2D eigenvalue weighted by molar-refractivity contribution is -0.127. The van der Waals surface area contributed by atoms with Crippen LogP contribution >= 0.6 is 0 Å². The van der Waals surface area contributed by atoms with Gasteiger partial charge in [0.15, 0.2) is 0 Å². The number of benzene rings is 1. The zero-order chi connectivity index (χ0) is 13.8. The van der Waals surface area contributed by atoms with Crippen LogP contribution in [-0.2, 0) is 4.79 Å². The molecule has 0 bridgehead atoms. The van der Waals surface area contributed by atoms with Crippen molar-refractivity contribution in [1.29, 1.82) is 0 Å². The van der Waals surface area contributed by atoms with E-state index in [-0.39, 0.29) is 12.0 Å². The number of aliphatic hydroxyl groups excluding tert-OH is 1. The first-order chi connectivity index (χ1) is 9.06. The number of rotatable bonds is 2. The highest BCUT2D eigenvalue weighted by atomic mass is 16.3. The molecular formula is C16H21NO2. The first kappa shape index (κ1) is 13.8. The molecule has 0 radical (unpaired) electrons. The fraction of sp³-hybridized carbons (Fsp3) is 0.438. The van der Waals surface area contributed by atoms with Gasteiger partial charge in [0.25, 0.3) is 0 Å². The van der Waals surface area contributed by atoms with E-state index in [2.05, 4.69) is 26.0 Å². The Hall–Kier alpha value is -1.61. The molecule has 0 unspecified atom stereocenters. The summed E-state index contributed by atoms with van der Waals surface area (Å²) in [4.78, 5) is 13.8. The molecule has 2 rings (SSSR count). The van der Waals surface area contributed by atoms with Gasteiger partial charge in [0.05, 0.1) is 6.10 Å². The summed E-state index contributed by atoms with van der Waals surface area (Å²) >= 11 is 0. The zero-order valence-electron chi connectivity index (χ0n) is 11.6. The van der Waals surface area contributed by atoms with Gasteiger partial charge < -0.3 is 10.0 Å². The fourth-order valence-electron chi connectivity index (χ4n) is 2.37. The van der Waals surface area contributed by atoms with E-state index in [1.165, 1.54) is 11.1 Å². The number of piperidine rings is 1. The summed E-state index contributed by atoms with van der Waals surface area (Å²) < 4.78 is 0. The van der Waals surface area contributed by atoms with Crippen LogP contribution in [0.15, 0.2) is 24.3 Å². The first-order valence-corrected chi connectivity index (χ1v) is 6.78. The number of carbonyl (C=O) groups is 1. The molecule has 1 fully saturated rings. The van der Waals surface area contributed by atoms with Gasteiger partial charge in [-0.3, -0.25) is 4.79 Å². The van der Waals surface area contributed by atoms with Gasteiger partial charge in [-0.05, 0) is 43.9 Å². The normalized spacial score (nSPS) is 17.1. The molecule has 1 aromatic carbocycles. The third-order valence-corrected chi connectivity index (χ3v) is 3.61. The van der Waals surface area contributed by atoms with Gasteiger partial charge in [0.1, 0.15) is 0 Å². The van der Waals surface area contributed by atoms with Crippen LogP contribution in [0.5, 0.6) is 0 Å². The molecule has 1 N–H and O–H groups in total. The highest BCUT2D eigenvalue weighted by molar-refractivity contribution is 5.92. The lowest BCUT2D eigenvalue weighted by Crippen LogP contribution is -2.39. The lowest BCUT2D eigenvalue weighted by Gasteiger charge is -2.28. The van der Waals surface area contributed by atoms with Crippen molar-refractivity contribution < 1.29 is 9.90 Å². The van der Waals surface area contributed by atoms with Crippen molar-refractivity contribution in [3.05, 3.63) is 41.0 Å². The Morgan fingerprint density at radius 3 is 2.63 bits per heavy atom. The van der Waals surface area contributed by atoms with Crippen LogP contribution in [0.3, 0.4) is 0 Å². The van der Waals surface area contributed by atoms with Crippen LogP contribution in [0.2, 0.25) is 0 Å². The minimum absolute atomic E-state index is 0.0341. The molecule has 0 saturated carbocycles. The summed E-state index contributed by atoms with van der Waals surface area (Å²) in [5, 5.41) is 9.42. The summed E-state index contributed by atoms with van der Waals surface area (Å²) in [5.41, 5.74) is 3.49. The largest absolute Gasteiger partial charge is 0.393 e. The summed E-state index contributed by atoms with van der Waals surface area (Å²) in [6, 6.07) is 6.20. The quantitative estimate of drug-likeness (QED) is 0.828. The second-order valence-electron chi connectivity index (χ2n) is 5.25. The molecule has 1 heterocycles. The van der Waals surface area contributed by atoms with Gasteiger partial charge in [-0.25, -0.2) is 0 Å². The number of hydrogen-bond acceptors (Lipinski definition) is 2. The van der Waals surface area contributed by atoms with Crippen LogP contribution in [0, 0.1) is 13.8 Å². The highest BCUT2D eigenvalue weighted by Gasteiger charge is 2.19. The average Bonchev–Trinajstić information content (AvgIpc) is 2.38. The second-order valence-corrected chi connectivity index (χ2v) is 5.25. The predicted octanol–water partition coefficient (Wildman–Crippen LogP) is 2.30. The summed E-state index contributed by atoms with van der Waals surface area (Å²) in [6.45, 7) is 5.41. The monoisotopic (exact) mass is 259 g/mol. The molecule has 0 aliphatic carbocycles. The predicted molar refractivity (Wildman–Crippen MR) is 76.8 cm³/mol. The van der Waals surface area contributed by atoms with Gasteiger partial charge in [-0.2, -0.15) is 0 Å². The van der Waals surface area contributed by atoms with Crippen molar-refractivity contribution in [2.75, 3.05) is 13.1 Å². The first-order valence-electron chi connectivity index (χ1n) is 6.78. The molecule has 3 nitrogen and oxygen atoms in total. The van der Waals surface area contributed by atoms with Gasteiger partial charge in [-0.1, -0.05) is 23.8 Å². The Morgan fingerprint density at radius 2 is 2.00 bits per heavy atom. The third kappa shape index (κ3) is 3.67. The minimum atomic E-state index is -0.243. The van der Waals surface area contributed by atoms with E-state index in [1.54, 1.807) is 11.0 Å². The van der Waals surface area contributed by atoms with E-state index < -0.39 is 0 Å². The molecule has 1 aromatic rings. The SMILES string of the molecule is Cc1ccc(C=CC(=O)N2CCC(O)CC2)c(C)c1. The number of likely N-dealkylation sites (tertiary alicyclic amines) is 1. The van der Waals surface area contributed by atoms with E-state index in [1.807, 2.05) is 12.1 Å². The topological polar surface area (TPSA) is 40.5 Å². The molecule has 1 aliphatic heterocycles. The Morgan fingerprint density at radius 1 is 1.32 bits per heavy atom. The third-order valence-electron chi connectivity index (χ3n) is 3.61. The van der Waals surface area contributed by atoms with E-state index >= 15 is 0 Å². The van der Waals surface area contributed by atoms with Crippen LogP contribution in [-0.4, -0.2) is 35.1 Å². The molecule has 102 valence electrons. The summed E-state index contributed by atoms with van der Waals surface area (Å²) in [5.74, 6) is 0.0341. The van der Waals surface area contributed by atoms with Crippen molar-refractivity contribution in [2.45, 2.75) is 32.8 Å². The van der Waals surface area contributed by atoms with Crippen molar-refractivity contribution in [1.82, 2.24) is 4.90 Å². The molecule has 19 heavy (non-hydrogen) atoms. The van der Waals surface area contributed by atoms with Crippen molar-refractivity contribution in [2.24, 2.45) is 0 Å². The van der Waals surface area contributed by atoms with Crippen LogP contribution < -0.4 is 0 Å². The van der Waals surface area contributed by atoms with E-state index in [0.717, 1.165) is 5.56 Å². The molecule has 1 aliphatic rings. The van der Waals surface area contributed by atoms with Crippen LogP contribution in [0.25, 0.3) is 6.08 Å². The van der Waals surface area contributed by atoms with Crippen LogP contribution in [0.1, 0.15) is 29.5 Å². The van der Waals surface area contributed by atoms with Crippen LogP contribution in [0.4, 0.5) is 0 Å². The Balaban J connectivity index is 2.00. The molecule has 0 atom stereocenters. The standard InChI is InChI=1S/C16H21NO2/c1-12-3-4-14(13(2)11-12)5-6-16(19)17-9-7-15(18)8-10-17/h3-6,11,15,18H,7-10H2,1-2H3. The van der Waals surface area contributed by atoms with E-state index in [9.17, 15) is 9.90 Å².